The molecule has 264 valence electrons. The minimum Gasteiger partial charge on any atom is -0.359 e. The monoisotopic (exact) mass is 716 g/mol. The highest BCUT2D eigenvalue weighted by Crippen LogP contribution is 2.38. The average Bonchev–Trinajstić information content (AvgIpc) is 3.80. The van der Waals surface area contributed by atoms with Crippen LogP contribution in [-0.4, -0.2) is 15.0 Å². The molecule has 0 saturated carbocycles. The van der Waals surface area contributed by atoms with Gasteiger partial charge in [0, 0.05) is 44.0 Å². The normalized spacial score (nSPS) is 14.2. The number of aromatic nitrogens is 2. The van der Waals surface area contributed by atoms with Gasteiger partial charge in [0.15, 0.2) is 0 Å². The van der Waals surface area contributed by atoms with Gasteiger partial charge in [0.1, 0.15) is 5.84 Å². The Labute approximate surface area is 324 Å². The van der Waals surface area contributed by atoms with Crippen LogP contribution in [0.5, 0.6) is 0 Å². The summed E-state index contributed by atoms with van der Waals surface area (Å²) in [6, 6.07) is 71.7. The Bertz CT molecular complexity index is 2930. The first-order valence-electron chi connectivity index (χ1n) is 19.2. The summed E-state index contributed by atoms with van der Waals surface area (Å²) in [5.41, 5.74) is 13.4. The maximum atomic E-state index is 5.42. The van der Waals surface area contributed by atoms with E-state index in [-0.39, 0.29) is 6.04 Å². The molecule has 1 aliphatic rings. The molecule has 0 aliphatic carbocycles. The molecule has 1 atom stereocenters. The Morgan fingerprint density at radius 1 is 0.375 bits per heavy atom. The van der Waals surface area contributed by atoms with Crippen LogP contribution in [0.3, 0.4) is 0 Å². The molecular formula is C52H36N4. The number of benzene rings is 8. The lowest BCUT2D eigenvalue weighted by atomic mass is 9.96. The van der Waals surface area contributed by atoms with Crippen LogP contribution in [-0.2, 0) is 0 Å². The predicted molar refractivity (Wildman–Crippen MR) is 234 cm³/mol. The zero-order valence-electron chi connectivity index (χ0n) is 30.5. The lowest BCUT2D eigenvalue weighted by Gasteiger charge is -2.25. The van der Waals surface area contributed by atoms with Gasteiger partial charge in [-0.15, -0.1) is 0 Å². The number of fused-ring (bicyclic) bond motifs is 6. The second-order valence-electron chi connectivity index (χ2n) is 14.5. The summed E-state index contributed by atoms with van der Waals surface area (Å²) in [4.78, 5) is 5.42. The molecule has 10 aromatic rings. The van der Waals surface area contributed by atoms with Crippen LogP contribution in [0, 0.1) is 0 Å². The number of aliphatic imine (C=N–C) groups is 1. The molecule has 56 heavy (non-hydrogen) atoms. The molecule has 11 rings (SSSR count). The first kappa shape index (κ1) is 32.0. The predicted octanol–water partition coefficient (Wildman–Crippen LogP) is 12.7. The molecule has 8 aromatic carbocycles. The molecule has 0 radical (unpaired) electrons. The van der Waals surface area contributed by atoms with E-state index >= 15 is 0 Å². The molecule has 0 saturated heterocycles. The van der Waals surface area contributed by atoms with E-state index < -0.39 is 0 Å². The third-order valence-electron chi connectivity index (χ3n) is 11.1. The van der Waals surface area contributed by atoms with Crippen LogP contribution in [0.1, 0.15) is 22.7 Å². The molecule has 4 heteroatoms. The number of amidine groups is 1. The number of nitrogens with zero attached hydrogens (tertiary/aromatic N) is 3. The summed E-state index contributed by atoms with van der Waals surface area (Å²) in [6.07, 6.45) is 2.29. The zero-order valence-corrected chi connectivity index (χ0v) is 30.5. The first-order valence-corrected chi connectivity index (χ1v) is 19.2. The third kappa shape index (κ3) is 5.34. The summed E-state index contributed by atoms with van der Waals surface area (Å²) >= 11 is 0. The number of hydrogen-bond acceptors (Lipinski definition) is 2. The molecule has 0 bridgehead atoms. The number of nitrogens with one attached hydrogen (secondary N) is 1. The van der Waals surface area contributed by atoms with E-state index in [1.54, 1.807) is 0 Å². The van der Waals surface area contributed by atoms with E-state index in [1.165, 1.54) is 60.3 Å². The number of hydrogen-bond donors (Lipinski definition) is 1. The van der Waals surface area contributed by atoms with Crippen molar-refractivity contribution < 1.29 is 0 Å². The van der Waals surface area contributed by atoms with E-state index in [4.69, 9.17) is 4.99 Å². The quantitative estimate of drug-likeness (QED) is 0.183. The minimum atomic E-state index is -0.116. The zero-order chi connectivity index (χ0) is 37.0. The molecule has 4 nitrogen and oxygen atoms in total. The van der Waals surface area contributed by atoms with E-state index in [1.807, 2.05) is 0 Å². The van der Waals surface area contributed by atoms with Crippen molar-refractivity contribution in [2.24, 2.45) is 4.99 Å². The minimum absolute atomic E-state index is 0.116. The standard InChI is InChI=1S/C52H36N4/c1-3-16-35(17-4-1)37-20-15-21-38(30-37)46-34-47(54-52(53-46)36-18-5-2-6-19-36)39-31-40(55-48-26-11-7-22-42(48)43-23-8-12-27-49(43)55)33-41(32-39)56-50-28-13-9-24-44(50)45-25-10-14-29-51(45)56/h1-34,46H,(H,53,54). The van der Waals surface area contributed by atoms with Crippen molar-refractivity contribution in [3.8, 4) is 22.5 Å². The molecule has 1 N–H and O–H groups in total. The summed E-state index contributed by atoms with van der Waals surface area (Å²) in [6.45, 7) is 0. The highest BCUT2D eigenvalue weighted by Gasteiger charge is 2.23. The Hall–Kier alpha value is -7.43. The van der Waals surface area contributed by atoms with Gasteiger partial charge in [-0.25, -0.2) is 4.99 Å². The maximum Gasteiger partial charge on any atom is 0.134 e. The van der Waals surface area contributed by atoms with Gasteiger partial charge in [-0.3, -0.25) is 0 Å². The molecular weight excluding hydrogens is 681 g/mol. The molecule has 1 unspecified atom stereocenters. The summed E-state index contributed by atoms with van der Waals surface area (Å²) in [5, 5.41) is 8.74. The largest absolute Gasteiger partial charge is 0.359 e. The van der Waals surface area contributed by atoms with Gasteiger partial charge in [-0.05, 0) is 71.3 Å². The molecule has 0 spiro atoms. The van der Waals surface area contributed by atoms with Crippen LogP contribution >= 0.6 is 0 Å². The fourth-order valence-corrected chi connectivity index (χ4v) is 8.57. The lowest BCUT2D eigenvalue weighted by Crippen LogP contribution is -2.31. The lowest BCUT2D eigenvalue weighted by molar-refractivity contribution is 0.781. The second-order valence-corrected chi connectivity index (χ2v) is 14.5. The van der Waals surface area contributed by atoms with Gasteiger partial charge in [-0.1, -0.05) is 152 Å². The Balaban J connectivity index is 1.18. The molecule has 2 aromatic heterocycles. The topological polar surface area (TPSA) is 34.2 Å². The van der Waals surface area contributed by atoms with Gasteiger partial charge >= 0.3 is 0 Å². The smallest absolute Gasteiger partial charge is 0.134 e. The van der Waals surface area contributed by atoms with E-state index in [9.17, 15) is 0 Å². The third-order valence-corrected chi connectivity index (χ3v) is 11.1. The number of para-hydroxylation sites is 4. The van der Waals surface area contributed by atoms with Crippen molar-refractivity contribution in [1.29, 1.82) is 0 Å². The fraction of sp³-hybridized carbons (Fsp3) is 0.0192. The molecule has 0 amide bonds. The van der Waals surface area contributed by atoms with Gasteiger partial charge in [0.05, 0.1) is 33.8 Å². The van der Waals surface area contributed by atoms with Crippen LogP contribution in [0.4, 0.5) is 0 Å². The fourth-order valence-electron chi connectivity index (χ4n) is 8.57. The van der Waals surface area contributed by atoms with Crippen molar-refractivity contribution in [2.75, 3.05) is 0 Å². The highest BCUT2D eigenvalue weighted by atomic mass is 15.1. The van der Waals surface area contributed by atoms with Crippen molar-refractivity contribution in [1.82, 2.24) is 14.5 Å². The second kappa shape index (κ2) is 13.2. The Morgan fingerprint density at radius 2 is 0.821 bits per heavy atom. The van der Waals surface area contributed by atoms with Gasteiger partial charge < -0.3 is 14.5 Å². The summed E-state index contributed by atoms with van der Waals surface area (Å²) in [5.74, 6) is 0.846. The SMILES string of the molecule is C1=C(c2cc(-n3c4ccccc4c4ccccc43)cc(-n3c4ccccc4c4ccccc43)c2)N=C(c2ccccc2)NC1c1cccc(-c2ccccc2)c1. The van der Waals surface area contributed by atoms with Gasteiger partial charge in [-0.2, -0.15) is 0 Å². The van der Waals surface area contributed by atoms with Crippen LogP contribution in [0.2, 0.25) is 0 Å². The van der Waals surface area contributed by atoms with Crippen molar-refractivity contribution in [3.63, 3.8) is 0 Å². The highest BCUT2D eigenvalue weighted by molar-refractivity contribution is 6.11. The Kier molecular flexibility index (Phi) is 7.52. The van der Waals surface area contributed by atoms with Crippen LogP contribution < -0.4 is 5.32 Å². The van der Waals surface area contributed by atoms with Gasteiger partial charge in [0.25, 0.3) is 0 Å². The van der Waals surface area contributed by atoms with Crippen molar-refractivity contribution in [2.45, 2.75) is 6.04 Å². The molecule has 1 aliphatic heterocycles. The van der Waals surface area contributed by atoms with E-state index in [2.05, 4.69) is 221 Å². The maximum absolute atomic E-state index is 5.42. The summed E-state index contributed by atoms with van der Waals surface area (Å²) < 4.78 is 4.83. The Morgan fingerprint density at radius 3 is 1.34 bits per heavy atom. The van der Waals surface area contributed by atoms with E-state index in [0.29, 0.717) is 0 Å². The summed E-state index contributed by atoms with van der Waals surface area (Å²) in [7, 11) is 0. The van der Waals surface area contributed by atoms with Crippen LogP contribution in [0.15, 0.2) is 211 Å². The van der Waals surface area contributed by atoms with Crippen molar-refractivity contribution in [3.05, 3.63) is 223 Å². The molecule has 3 heterocycles. The number of rotatable bonds is 6. The van der Waals surface area contributed by atoms with Crippen LogP contribution in [0.25, 0.3) is 71.8 Å². The van der Waals surface area contributed by atoms with Crippen molar-refractivity contribution >= 4 is 55.1 Å². The first-order chi connectivity index (χ1) is 27.8. The van der Waals surface area contributed by atoms with Gasteiger partial charge in [0.2, 0.25) is 0 Å². The molecule has 0 fully saturated rings. The average molecular weight is 717 g/mol. The van der Waals surface area contributed by atoms with E-state index in [0.717, 1.165) is 34.0 Å².